The van der Waals surface area contributed by atoms with E-state index in [1.165, 1.54) is 0 Å². The van der Waals surface area contributed by atoms with Gasteiger partial charge in [-0.05, 0) is 5.56 Å². The second-order valence-corrected chi connectivity index (χ2v) is 3.32. The summed E-state index contributed by atoms with van der Waals surface area (Å²) in [5.74, 6) is 0.708. The average Bonchev–Trinajstić information content (AvgIpc) is 2.62. The Bertz CT molecular complexity index is 256. The molecule has 11 heavy (non-hydrogen) atoms. The van der Waals surface area contributed by atoms with Gasteiger partial charge in [-0.2, -0.15) is 0 Å². The van der Waals surface area contributed by atoms with Gasteiger partial charge in [-0.15, -0.1) is 0 Å². The lowest BCUT2D eigenvalue weighted by molar-refractivity contribution is 0.437. The summed E-state index contributed by atoms with van der Waals surface area (Å²) in [6, 6.07) is 9.42. The van der Waals surface area contributed by atoms with Crippen molar-refractivity contribution in [1.82, 2.24) is 0 Å². The molecule has 0 bridgehead atoms. The van der Waals surface area contributed by atoms with Crippen LogP contribution in [0.3, 0.4) is 0 Å². The molecule has 0 aromatic heterocycles. The fourth-order valence-electron chi connectivity index (χ4n) is 1.13. The zero-order chi connectivity index (χ0) is 7.90. The first-order chi connectivity index (χ1) is 5.20. The molecule has 0 nitrogen and oxygen atoms in total. The molecule has 1 aliphatic rings. The van der Waals surface area contributed by atoms with Gasteiger partial charge in [0.05, 0.1) is 5.92 Å². The first-order valence-corrected chi connectivity index (χ1v) is 3.87. The minimum Gasteiger partial charge on any atom is -0.225 e. The number of alkyl halides is 2. The van der Waals surface area contributed by atoms with Gasteiger partial charge in [0, 0.05) is 6.42 Å². The Balaban J connectivity index is 2.21. The second-order valence-electron chi connectivity index (χ2n) is 2.73. The van der Waals surface area contributed by atoms with Crippen molar-refractivity contribution in [3.63, 3.8) is 0 Å². The predicted molar refractivity (Wildman–Crippen MR) is 43.1 cm³/mol. The Kier molecular flexibility index (Phi) is 1.43. The quantitative estimate of drug-likeness (QED) is 0.567. The molecular formula is C9H7ClF. The van der Waals surface area contributed by atoms with Crippen LogP contribution in [0.1, 0.15) is 12.0 Å². The van der Waals surface area contributed by atoms with Gasteiger partial charge < -0.3 is 0 Å². The van der Waals surface area contributed by atoms with Gasteiger partial charge in [-0.3, -0.25) is 0 Å². The third-order valence-corrected chi connectivity index (χ3v) is 2.20. The van der Waals surface area contributed by atoms with Crippen LogP contribution in [0.2, 0.25) is 0 Å². The van der Waals surface area contributed by atoms with Gasteiger partial charge in [0.25, 0.3) is 0 Å². The molecule has 1 radical (unpaired) electrons. The molecule has 1 atom stereocenters. The number of rotatable bonds is 1. The summed E-state index contributed by atoms with van der Waals surface area (Å²) in [5.41, 5.74) is 0.921. The van der Waals surface area contributed by atoms with Crippen molar-refractivity contribution >= 4 is 11.6 Å². The van der Waals surface area contributed by atoms with Crippen LogP contribution in [-0.4, -0.2) is 5.13 Å². The van der Waals surface area contributed by atoms with Crippen LogP contribution in [0.25, 0.3) is 0 Å². The number of hydrogen-bond acceptors (Lipinski definition) is 0. The summed E-state index contributed by atoms with van der Waals surface area (Å²) in [6.07, 6.45) is 0.374. The zero-order valence-electron chi connectivity index (χ0n) is 5.85. The Labute approximate surface area is 70.0 Å². The maximum Gasteiger partial charge on any atom is 0.195 e. The molecule has 1 unspecified atom stereocenters. The maximum absolute atomic E-state index is 12.9. The van der Waals surface area contributed by atoms with Crippen molar-refractivity contribution in [3.05, 3.63) is 41.8 Å². The van der Waals surface area contributed by atoms with E-state index in [-0.39, 0.29) is 0 Å². The van der Waals surface area contributed by atoms with Crippen LogP contribution in [0, 0.1) is 5.92 Å². The van der Waals surface area contributed by atoms with E-state index in [0.717, 1.165) is 5.56 Å². The Morgan fingerprint density at radius 3 is 2.27 bits per heavy atom. The fourth-order valence-corrected chi connectivity index (χ4v) is 1.37. The molecule has 0 spiro atoms. The maximum atomic E-state index is 12.9. The largest absolute Gasteiger partial charge is 0.225 e. The summed E-state index contributed by atoms with van der Waals surface area (Å²) in [7, 11) is 0. The predicted octanol–water partition coefficient (Wildman–Crippen LogP) is 2.92. The van der Waals surface area contributed by atoms with Gasteiger partial charge in [-0.1, -0.05) is 41.9 Å². The molecule has 0 aliphatic heterocycles. The van der Waals surface area contributed by atoms with E-state index in [1.807, 2.05) is 30.3 Å². The van der Waals surface area contributed by atoms with Gasteiger partial charge in [0.2, 0.25) is 0 Å². The summed E-state index contributed by atoms with van der Waals surface area (Å²) < 4.78 is 12.9. The van der Waals surface area contributed by atoms with Gasteiger partial charge in [0.15, 0.2) is 5.13 Å². The zero-order valence-corrected chi connectivity index (χ0v) is 6.61. The second kappa shape index (κ2) is 2.21. The van der Waals surface area contributed by atoms with Gasteiger partial charge in [0.1, 0.15) is 0 Å². The SMILES string of the molecule is FC1(Cl)C[C]1c1ccccc1. The van der Waals surface area contributed by atoms with E-state index in [0.29, 0.717) is 12.3 Å². The van der Waals surface area contributed by atoms with Crippen molar-refractivity contribution in [2.45, 2.75) is 11.5 Å². The number of benzene rings is 1. The van der Waals surface area contributed by atoms with Crippen molar-refractivity contribution < 1.29 is 4.39 Å². The highest BCUT2D eigenvalue weighted by Gasteiger charge is 2.55. The van der Waals surface area contributed by atoms with Crippen molar-refractivity contribution in [1.29, 1.82) is 0 Å². The van der Waals surface area contributed by atoms with E-state index in [1.54, 1.807) is 0 Å². The molecule has 1 saturated carbocycles. The number of hydrogen-bond donors (Lipinski definition) is 0. The van der Waals surface area contributed by atoms with E-state index in [4.69, 9.17) is 11.6 Å². The van der Waals surface area contributed by atoms with Crippen LogP contribution in [0.4, 0.5) is 4.39 Å². The van der Waals surface area contributed by atoms with Gasteiger partial charge in [-0.25, -0.2) is 4.39 Å². The smallest absolute Gasteiger partial charge is 0.195 e. The van der Waals surface area contributed by atoms with Crippen molar-refractivity contribution in [3.8, 4) is 0 Å². The molecule has 1 fully saturated rings. The Morgan fingerprint density at radius 1 is 1.27 bits per heavy atom. The highest BCUT2D eigenvalue weighted by molar-refractivity contribution is 6.27. The standard InChI is InChI=1S/C9H7ClF/c10-9(11)6-8(9)7-4-2-1-3-5-7/h1-5H,6H2. The average molecular weight is 170 g/mol. The van der Waals surface area contributed by atoms with E-state index >= 15 is 0 Å². The lowest BCUT2D eigenvalue weighted by Crippen LogP contribution is -1.90. The molecule has 0 N–H and O–H groups in total. The topological polar surface area (TPSA) is 0 Å². The van der Waals surface area contributed by atoms with Crippen molar-refractivity contribution in [2.24, 2.45) is 0 Å². The molecule has 57 valence electrons. The minimum atomic E-state index is -1.54. The summed E-state index contributed by atoms with van der Waals surface area (Å²) in [6.45, 7) is 0. The van der Waals surface area contributed by atoms with Crippen LogP contribution in [0.5, 0.6) is 0 Å². The van der Waals surface area contributed by atoms with Crippen LogP contribution >= 0.6 is 11.6 Å². The Hall–Kier alpha value is -0.560. The lowest BCUT2D eigenvalue weighted by atomic mass is 10.1. The van der Waals surface area contributed by atoms with Gasteiger partial charge >= 0.3 is 0 Å². The molecule has 2 rings (SSSR count). The molecule has 1 aromatic carbocycles. The molecule has 1 aromatic rings. The molecular weight excluding hydrogens is 163 g/mol. The lowest BCUT2D eigenvalue weighted by Gasteiger charge is -1.96. The third kappa shape index (κ3) is 1.25. The van der Waals surface area contributed by atoms with E-state index in [2.05, 4.69) is 0 Å². The molecule has 1 aliphatic carbocycles. The first kappa shape index (κ1) is 7.11. The van der Waals surface area contributed by atoms with E-state index < -0.39 is 5.13 Å². The summed E-state index contributed by atoms with van der Waals surface area (Å²) >= 11 is 5.44. The van der Waals surface area contributed by atoms with Crippen LogP contribution in [-0.2, 0) is 0 Å². The van der Waals surface area contributed by atoms with E-state index in [9.17, 15) is 4.39 Å². The highest BCUT2D eigenvalue weighted by Crippen LogP contribution is 2.56. The molecule has 0 heterocycles. The Morgan fingerprint density at radius 2 is 1.82 bits per heavy atom. The van der Waals surface area contributed by atoms with Crippen molar-refractivity contribution in [2.75, 3.05) is 0 Å². The van der Waals surface area contributed by atoms with Crippen LogP contribution in [0.15, 0.2) is 30.3 Å². The minimum absolute atomic E-state index is 0.374. The normalized spacial score (nSPS) is 30.4. The third-order valence-electron chi connectivity index (χ3n) is 1.84. The first-order valence-electron chi connectivity index (χ1n) is 3.50. The summed E-state index contributed by atoms with van der Waals surface area (Å²) in [5, 5.41) is -1.54. The fraction of sp³-hybridized carbons (Fsp3) is 0.222. The monoisotopic (exact) mass is 169 g/mol. The van der Waals surface area contributed by atoms with Crippen LogP contribution < -0.4 is 0 Å². The molecule has 0 amide bonds. The highest BCUT2D eigenvalue weighted by atomic mass is 35.5. The number of halogens is 2. The molecule has 0 saturated heterocycles. The summed E-state index contributed by atoms with van der Waals surface area (Å²) in [4.78, 5) is 0. The molecule has 2 heteroatoms.